The Morgan fingerprint density at radius 3 is 2.46 bits per heavy atom. The van der Waals surface area contributed by atoms with Crippen molar-refractivity contribution in [1.29, 1.82) is 5.26 Å². The second-order valence-electron chi connectivity index (χ2n) is 8.37. The second kappa shape index (κ2) is 10.7. The molecule has 0 bridgehead atoms. The van der Waals surface area contributed by atoms with Crippen LogP contribution in [0.15, 0.2) is 60.8 Å². The van der Waals surface area contributed by atoms with Crippen molar-refractivity contribution in [2.24, 2.45) is 0 Å². The summed E-state index contributed by atoms with van der Waals surface area (Å²) >= 11 is 0. The summed E-state index contributed by atoms with van der Waals surface area (Å²) in [6.07, 6.45) is 1.54. The Balaban J connectivity index is 1.13. The minimum absolute atomic E-state index is 0.262. The maximum absolute atomic E-state index is 12.6. The van der Waals surface area contributed by atoms with Gasteiger partial charge < -0.3 is 29.9 Å². The zero-order chi connectivity index (χ0) is 25.6. The van der Waals surface area contributed by atoms with Gasteiger partial charge in [0.05, 0.1) is 11.3 Å². The van der Waals surface area contributed by atoms with E-state index in [1.54, 1.807) is 35.2 Å². The molecule has 2 aliphatic rings. The van der Waals surface area contributed by atoms with Crippen molar-refractivity contribution >= 4 is 34.9 Å². The molecule has 0 radical (unpaired) electrons. The molecule has 2 aromatic carbocycles. The Bertz CT molecular complexity index is 1330. The van der Waals surface area contributed by atoms with Gasteiger partial charge in [-0.05, 0) is 48.5 Å². The monoisotopic (exact) mass is 499 g/mol. The average Bonchev–Trinajstić information content (AvgIpc) is 2.94. The molecule has 5 rings (SSSR count). The highest BCUT2D eigenvalue weighted by atomic mass is 16.6. The fourth-order valence-corrected chi connectivity index (χ4v) is 4.16. The first kappa shape index (κ1) is 23.7. The molecule has 0 spiro atoms. The molecule has 2 aliphatic heterocycles. The molecule has 0 saturated carbocycles. The van der Waals surface area contributed by atoms with Gasteiger partial charge in [0, 0.05) is 43.8 Å². The fourth-order valence-electron chi connectivity index (χ4n) is 4.16. The molecule has 0 aliphatic carbocycles. The van der Waals surface area contributed by atoms with Crippen molar-refractivity contribution in [2.75, 3.05) is 60.2 Å². The Labute approximate surface area is 213 Å². The molecule has 3 N–H and O–H groups in total. The van der Waals surface area contributed by atoms with Gasteiger partial charge in [-0.3, -0.25) is 5.32 Å². The molecule has 1 aromatic heterocycles. The molecule has 3 aromatic rings. The van der Waals surface area contributed by atoms with Crippen molar-refractivity contribution in [3.05, 3.63) is 66.4 Å². The minimum Gasteiger partial charge on any atom is -0.486 e. The topological polar surface area (TPSA) is 132 Å². The zero-order valence-corrected chi connectivity index (χ0v) is 19.9. The summed E-state index contributed by atoms with van der Waals surface area (Å²) in [5.41, 5.74) is 2.50. The van der Waals surface area contributed by atoms with Crippen LogP contribution in [0.2, 0.25) is 0 Å². The SMILES string of the molecule is N#Cc1cccnc1NC(=O)N1CCN(c2ccc(NC(=O)Nc3cccc4c3OCCO4)cc2)CC1. The number of nitrogens with one attached hydrogen (secondary N) is 3. The molecular weight excluding hydrogens is 474 g/mol. The van der Waals surface area contributed by atoms with Crippen LogP contribution in [-0.2, 0) is 0 Å². The number of urea groups is 2. The third-order valence-electron chi connectivity index (χ3n) is 6.03. The summed E-state index contributed by atoms with van der Waals surface area (Å²) in [7, 11) is 0. The van der Waals surface area contributed by atoms with Gasteiger partial charge in [-0.25, -0.2) is 14.6 Å². The maximum atomic E-state index is 12.6. The molecule has 4 amide bonds. The number of carbonyl (C=O) groups is 2. The van der Waals surface area contributed by atoms with Crippen LogP contribution in [0.1, 0.15) is 5.56 Å². The number of nitrogens with zero attached hydrogens (tertiary/aromatic N) is 4. The number of aromatic nitrogens is 1. The number of hydrogen-bond acceptors (Lipinski definition) is 7. The van der Waals surface area contributed by atoms with E-state index in [2.05, 4.69) is 25.8 Å². The van der Waals surface area contributed by atoms with Crippen molar-refractivity contribution < 1.29 is 19.1 Å². The number of para-hydroxylation sites is 1. The van der Waals surface area contributed by atoms with E-state index in [0.717, 1.165) is 5.69 Å². The molecular formula is C26H25N7O4. The van der Waals surface area contributed by atoms with Gasteiger partial charge in [-0.15, -0.1) is 0 Å². The molecule has 11 heteroatoms. The third-order valence-corrected chi connectivity index (χ3v) is 6.03. The van der Waals surface area contributed by atoms with Gasteiger partial charge in [0.15, 0.2) is 17.3 Å². The van der Waals surface area contributed by atoms with Crippen LogP contribution in [0.5, 0.6) is 11.5 Å². The predicted octanol–water partition coefficient (Wildman–Crippen LogP) is 3.72. The summed E-state index contributed by atoms with van der Waals surface area (Å²) in [5, 5.41) is 17.5. The number of nitriles is 1. The summed E-state index contributed by atoms with van der Waals surface area (Å²) in [6.45, 7) is 3.25. The number of fused-ring (bicyclic) bond motifs is 1. The highest BCUT2D eigenvalue weighted by Gasteiger charge is 2.22. The van der Waals surface area contributed by atoms with E-state index in [9.17, 15) is 14.9 Å². The molecule has 188 valence electrons. The Morgan fingerprint density at radius 2 is 1.68 bits per heavy atom. The van der Waals surface area contributed by atoms with E-state index in [1.807, 2.05) is 30.3 Å². The number of amides is 4. The first-order valence-electron chi connectivity index (χ1n) is 11.8. The van der Waals surface area contributed by atoms with Gasteiger partial charge in [0.25, 0.3) is 0 Å². The van der Waals surface area contributed by atoms with Crippen LogP contribution in [-0.4, -0.2) is 61.3 Å². The number of anilines is 4. The lowest BCUT2D eigenvalue weighted by atomic mass is 10.2. The standard InChI is InChI=1S/C26H25N7O4/c27-17-18-3-2-10-28-24(18)31-26(35)33-13-11-32(12-14-33)20-8-6-19(7-9-20)29-25(34)30-21-4-1-5-22-23(21)37-16-15-36-22/h1-10H,11-16H2,(H,28,31,35)(H2,29,30,34). The number of ether oxygens (including phenoxy) is 2. The van der Waals surface area contributed by atoms with Crippen molar-refractivity contribution in [1.82, 2.24) is 9.88 Å². The lowest BCUT2D eigenvalue weighted by Crippen LogP contribution is -2.50. The molecule has 0 unspecified atom stereocenters. The van der Waals surface area contributed by atoms with Gasteiger partial charge in [-0.1, -0.05) is 6.07 Å². The summed E-state index contributed by atoms with van der Waals surface area (Å²) in [4.78, 5) is 33.1. The molecule has 37 heavy (non-hydrogen) atoms. The molecule has 11 nitrogen and oxygen atoms in total. The highest BCUT2D eigenvalue weighted by Crippen LogP contribution is 2.37. The summed E-state index contributed by atoms with van der Waals surface area (Å²) in [6, 6.07) is 17.5. The van der Waals surface area contributed by atoms with Crippen LogP contribution in [0.25, 0.3) is 0 Å². The second-order valence-corrected chi connectivity index (χ2v) is 8.37. The molecule has 0 atom stereocenters. The van der Waals surface area contributed by atoms with E-state index in [4.69, 9.17) is 9.47 Å². The fraction of sp³-hybridized carbons (Fsp3) is 0.231. The van der Waals surface area contributed by atoms with Gasteiger partial charge in [0.2, 0.25) is 0 Å². The number of piperazine rings is 1. The van der Waals surface area contributed by atoms with Crippen LogP contribution in [0, 0.1) is 11.3 Å². The van der Waals surface area contributed by atoms with Crippen LogP contribution < -0.4 is 30.3 Å². The van der Waals surface area contributed by atoms with Crippen molar-refractivity contribution in [3.8, 4) is 17.6 Å². The van der Waals surface area contributed by atoms with Gasteiger partial charge >= 0.3 is 12.1 Å². The smallest absolute Gasteiger partial charge is 0.323 e. The first-order chi connectivity index (χ1) is 18.1. The normalized spacial score (nSPS) is 14.4. The van der Waals surface area contributed by atoms with E-state index in [-0.39, 0.29) is 17.9 Å². The minimum atomic E-state index is -0.387. The zero-order valence-electron chi connectivity index (χ0n) is 19.9. The lowest BCUT2D eigenvalue weighted by molar-refractivity contribution is 0.172. The number of hydrogen-bond donors (Lipinski definition) is 3. The maximum Gasteiger partial charge on any atom is 0.323 e. The Morgan fingerprint density at radius 1 is 0.892 bits per heavy atom. The highest BCUT2D eigenvalue weighted by molar-refractivity contribution is 6.01. The number of benzene rings is 2. The van der Waals surface area contributed by atoms with Crippen LogP contribution in [0.3, 0.4) is 0 Å². The number of rotatable bonds is 4. The van der Waals surface area contributed by atoms with Gasteiger partial charge in [-0.2, -0.15) is 5.26 Å². The predicted molar refractivity (Wildman–Crippen MR) is 138 cm³/mol. The quantitative estimate of drug-likeness (QED) is 0.498. The third kappa shape index (κ3) is 5.48. The van der Waals surface area contributed by atoms with E-state index in [0.29, 0.717) is 67.8 Å². The van der Waals surface area contributed by atoms with E-state index in [1.165, 1.54) is 6.20 Å². The van der Waals surface area contributed by atoms with Crippen molar-refractivity contribution in [3.63, 3.8) is 0 Å². The summed E-state index contributed by atoms with van der Waals surface area (Å²) in [5.74, 6) is 1.39. The largest absolute Gasteiger partial charge is 0.486 e. The lowest BCUT2D eigenvalue weighted by Gasteiger charge is -2.36. The summed E-state index contributed by atoms with van der Waals surface area (Å²) < 4.78 is 11.2. The Kier molecular flexibility index (Phi) is 6.89. The molecule has 1 saturated heterocycles. The average molecular weight is 500 g/mol. The number of pyridine rings is 1. The molecule has 3 heterocycles. The van der Waals surface area contributed by atoms with Crippen LogP contribution >= 0.6 is 0 Å². The first-order valence-corrected chi connectivity index (χ1v) is 11.8. The number of carbonyl (C=O) groups excluding carboxylic acids is 2. The van der Waals surface area contributed by atoms with Crippen LogP contribution in [0.4, 0.5) is 32.5 Å². The van der Waals surface area contributed by atoms with E-state index < -0.39 is 0 Å². The molecule has 1 fully saturated rings. The van der Waals surface area contributed by atoms with Crippen molar-refractivity contribution in [2.45, 2.75) is 0 Å². The van der Waals surface area contributed by atoms with Gasteiger partial charge in [0.1, 0.15) is 19.3 Å². The Hall–Kier alpha value is -4.98. The van der Waals surface area contributed by atoms with E-state index >= 15 is 0 Å².